The first kappa shape index (κ1) is 22.1. The molecule has 1 heterocycles. The molecule has 1 saturated heterocycles. The second kappa shape index (κ2) is 11.0. The zero-order chi connectivity index (χ0) is 21.3. The fourth-order valence-electron chi connectivity index (χ4n) is 3.49. The molecule has 2 aromatic rings. The van der Waals surface area contributed by atoms with Gasteiger partial charge in [-0.25, -0.2) is 0 Å². The van der Waals surface area contributed by atoms with Gasteiger partial charge < -0.3 is 20.3 Å². The minimum Gasteiger partial charge on any atom is -0.382 e. The number of hydrogen-bond donors (Lipinski definition) is 2. The molecule has 6 nitrogen and oxygen atoms in total. The number of rotatable bonds is 9. The van der Waals surface area contributed by atoms with E-state index in [-0.39, 0.29) is 11.8 Å². The van der Waals surface area contributed by atoms with Gasteiger partial charge in [0, 0.05) is 44.2 Å². The van der Waals surface area contributed by atoms with E-state index in [1.165, 1.54) is 0 Å². The van der Waals surface area contributed by atoms with Crippen LogP contribution in [-0.2, 0) is 4.74 Å². The molecule has 0 spiro atoms. The fourth-order valence-corrected chi connectivity index (χ4v) is 3.71. The molecule has 1 aliphatic rings. The van der Waals surface area contributed by atoms with Gasteiger partial charge in [0.25, 0.3) is 11.8 Å². The van der Waals surface area contributed by atoms with Gasteiger partial charge >= 0.3 is 0 Å². The number of carbonyl (C=O) groups excluding carboxylic acids is 2. The molecule has 30 heavy (non-hydrogen) atoms. The number of halogens is 1. The molecule has 160 valence electrons. The molecule has 0 aliphatic carbocycles. The van der Waals surface area contributed by atoms with Gasteiger partial charge in [-0.05, 0) is 56.5 Å². The van der Waals surface area contributed by atoms with Crippen LogP contribution < -0.4 is 15.5 Å². The lowest BCUT2D eigenvalue weighted by molar-refractivity contribution is 0.0943. The highest BCUT2D eigenvalue weighted by Crippen LogP contribution is 2.28. The summed E-state index contributed by atoms with van der Waals surface area (Å²) in [6, 6.07) is 12.4. The van der Waals surface area contributed by atoms with Gasteiger partial charge in [0.1, 0.15) is 0 Å². The van der Waals surface area contributed by atoms with E-state index in [2.05, 4.69) is 15.5 Å². The topological polar surface area (TPSA) is 70.7 Å². The Bertz CT molecular complexity index is 882. The van der Waals surface area contributed by atoms with Gasteiger partial charge in [-0.3, -0.25) is 9.59 Å². The van der Waals surface area contributed by atoms with E-state index in [0.29, 0.717) is 41.6 Å². The van der Waals surface area contributed by atoms with Crippen LogP contribution in [0.5, 0.6) is 0 Å². The summed E-state index contributed by atoms with van der Waals surface area (Å²) in [5.41, 5.74) is 2.41. The highest BCUT2D eigenvalue weighted by Gasteiger charge is 2.21. The highest BCUT2D eigenvalue weighted by molar-refractivity contribution is 6.34. The minimum atomic E-state index is -0.308. The van der Waals surface area contributed by atoms with Crippen molar-refractivity contribution >= 4 is 34.8 Å². The lowest BCUT2D eigenvalue weighted by Crippen LogP contribution is -2.29. The van der Waals surface area contributed by atoms with Gasteiger partial charge in [-0.1, -0.05) is 23.7 Å². The minimum absolute atomic E-state index is 0.151. The third-order valence-electron chi connectivity index (χ3n) is 5.02. The molecular formula is C23H28ClN3O3. The second-order valence-electron chi connectivity index (χ2n) is 7.17. The SMILES string of the molecule is CCOCCCNC(=O)c1cc(NC(=O)c2ccccc2Cl)ccc1N1CCCC1. The highest BCUT2D eigenvalue weighted by atomic mass is 35.5. The van der Waals surface area contributed by atoms with E-state index in [9.17, 15) is 9.59 Å². The monoisotopic (exact) mass is 429 g/mol. The van der Waals surface area contributed by atoms with Crippen LogP contribution in [0.2, 0.25) is 5.02 Å². The maximum atomic E-state index is 12.9. The third kappa shape index (κ3) is 5.74. The summed E-state index contributed by atoms with van der Waals surface area (Å²) in [7, 11) is 0. The van der Waals surface area contributed by atoms with Crippen molar-refractivity contribution in [1.29, 1.82) is 0 Å². The van der Waals surface area contributed by atoms with E-state index in [1.54, 1.807) is 30.3 Å². The van der Waals surface area contributed by atoms with E-state index in [1.807, 2.05) is 19.1 Å². The Morgan fingerprint density at radius 2 is 1.83 bits per heavy atom. The number of hydrogen-bond acceptors (Lipinski definition) is 4. The normalized spacial score (nSPS) is 13.3. The zero-order valence-electron chi connectivity index (χ0n) is 17.2. The molecule has 7 heteroatoms. The largest absolute Gasteiger partial charge is 0.382 e. The van der Waals surface area contributed by atoms with Crippen LogP contribution >= 0.6 is 11.6 Å². The molecular weight excluding hydrogens is 402 g/mol. The Balaban J connectivity index is 1.77. The molecule has 2 aromatic carbocycles. The van der Waals surface area contributed by atoms with Gasteiger partial charge in [-0.2, -0.15) is 0 Å². The maximum Gasteiger partial charge on any atom is 0.257 e. The van der Waals surface area contributed by atoms with Crippen molar-refractivity contribution in [2.45, 2.75) is 26.2 Å². The number of ether oxygens (including phenoxy) is 1. The van der Waals surface area contributed by atoms with Crippen molar-refractivity contribution in [3.63, 3.8) is 0 Å². The molecule has 0 atom stereocenters. The zero-order valence-corrected chi connectivity index (χ0v) is 18.0. The van der Waals surface area contributed by atoms with Crippen LogP contribution in [0.1, 0.15) is 46.9 Å². The van der Waals surface area contributed by atoms with Gasteiger partial charge in [-0.15, -0.1) is 0 Å². The molecule has 3 rings (SSSR count). The van der Waals surface area contributed by atoms with Crippen LogP contribution in [0.4, 0.5) is 11.4 Å². The molecule has 0 saturated carbocycles. The van der Waals surface area contributed by atoms with Crippen LogP contribution in [0.15, 0.2) is 42.5 Å². The van der Waals surface area contributed by atoms with E-state index in [0.717, 1.165) is 38.0 Å². The number of carbonyl (C=O) groups is 2. The Hall–Kier alpha value is -2.57. The van der Waals surface area contributed by atoms with Crippen molar-refractivity contribution in [3.8, 4) is 0 Å². The summed E-state index contributed by atoms with van der Waals surface area (Å²) in [6.45, 7) is 5.62. The average molecular weight is 430 g/mol. The van der Waals surface area contributed by atoms with E-state index in [4.69, 9.17) is 16.3 Å². The van der Waals surface area contributed by atoms with Crippen molar-refractivity contribution in [2.24, 2.45) is 0 Å². The molecule has 0 bridgehead atoms. The Morgan fingerprint density at radius 1 is 1.07 bits per heavy atom. The third-order valence-corrected chi connectivity index (χ3v) is 5.35. The van der Waals surface area contributed by atoms with Crippen LogP contribution in [0.3, 0.4) is 0 Å². The molecule has 1 fully saturated rings. The average Bonchev–Trinajstić information content (AvgIpc) is 3.28. The second-order valence-corrected chi connectivity index (χ2v) is 7.57. The number of benzene rings is 2. The van der Waals surface area contributed by atoms with Gasteiger partial charge in [0.05, 0.1) is 16.1 Å². The number of nitrogens with one attached hydrogen (secondary N) is 2. The molecule has 0 aromatic heterocycles. The van der Waals surface area contributed by atoms with Gasteiger partial charge in [0.15, 0.2) is 0 Å². The molecule has 1 aliphatic heterocycles. The lowest BCUT2D eigenvalue weighted by atomic mass is 10.1. The predicted molar refractivity (Wildman–Crippen MR) is 121 cm³/mol. The van der Waals surface area contributed by atoms with Crippen molar-refractivity contribution in [2.75, 3.05) is 43.1 Å². The smallest absolute Gasteiger partial charge is 0.257 e. The van der Waals surface area contributed by atoms with Gasteiger partial charge in [0.2, 0.25) is 0 Å². The summed E-state index contributed by atoms with van der Waals surface area (Å²) in [6.07, 6.45) is 2.97. The Labute approximate surface area is 182 Å². The van der Waals surface area contributed by atoms with Crippen LogP contribution in [-0.4, -0.2) is 44.7 Å². The number of anilines is 2. The van der Waals surface area contributed by atoms with Crippen molar-refractivity contribution in [3.05, 3.63) is 58.6 Å². The maximum absolute atomic E-state index is 12.9. The summed E-state index contributed by atoms with van der Waals surface area (Å²) in [5.74, 6) is -0.458. The number of amides is 2. The fraction of sp³-hybridized carbons (Fsp3) is 0.391. The first-order chi connectivity index (χ1) is 14.6. The first-order valence-electron chi connectivity index (χ1n) is 10.4. The van der Waals surface area contributed by atoms with Crippen molar-refractivity contribution in [1.82, 2.24) is 5.32 Å². The molecule has 0 radical (unpaired) electrons. The quantitative estimate of drug-likeness (QED) is 0.581. The van der Waals surface area contributed by atoms with Crippen molar-refractivity contribution < 1.29 is 14.3 Å². The Kier molecular flexibility index (Phi) is 8.11. The lowest BCUT2D eigenvalue weighted by Gasteiger charge is -2.22. The predicted octanol–water partition coefficient (Wildman–Crippen LogP) is 4.35. The number of nitrogens with zero attached hydrogens (tertiary/aromatic N) is 1. The summed E-state index contributed by atoms with van der Waals surface area (Å²) in [5, 5.41) is 6.20. The molecule has 0 unspecified atom stereocenters. The first-order valence-corrected chi connectivity index (χ1v) is 10.8. The molecule has 2 amide bonds. The van der Waals surface area contributed by atoms with E-state index >= 15 is 0 Å². The summed E-state index contributed by atoms with van der Waals surface area (Å²) in [4.78, 5) is 27.7. The summed E-state index contributed by atoms with van der Waals surface area (Å²) < 4.78 is 5.32. The Morgan fingerprint density at radius 3 is 2.57 bits per heavy atom. The standard InChI is InChI=1S/C23H28ClN3O3/c1-2-30-15-7-12-25-22(28)19-16-17(10-11-21(19)27-13-5-6-14-27)26-23(29)18-8-3-4-9-20(18)24/h3-4,8-11,16H,2,5-7,12-15H2,1H3,(H,25,28)(H,26,29). The van der Waals surface area contributed by atoms with Crippen LogP contribution in [0, 0.1) is 0 Å². The van der Waals surface area contributed by atoms with E-state index < -0.39 is 0 Å². The summed E-state index contributed by atoms with van der Waals surface area (Å²) >= 11 is 6.13. The molecule has 2 N–H and O–H groups in total. The van der Waals surface area contributed by atoms with Crippen LogP contribution in [0.25, 0.3) is 0 Å².